The molecule has 0 unspecified atom stereocenters. The summed E-state index contributed by atoms with van der Waals surface area (Å²) in [4.78, 5) is 4.53. The van der Waals surface area contributed by atoms with Crippen LogP contribution in [-0.2, 0) is 0 Å². The van der Waals surface area contributed by atoms with Crippen LogP contribution in [-0.4, -0.2) is 28.1 Å². The summed E-state index contributed by atoms with van der Waals surface area (Å²) in [5, 5.41) is 12.1. The maximum atomic E-state index is 13.7. The van der Waals surface area contributed by atoms with Crippen molar-refractivity contribution >= 4 is 39.5 Å². The third-order valence-electron chi connectivity index (χ3n) is 5.96. The maximum Gasteiger partial charge on any atom is 0.152 e. The summed E-state index contributed by atoms with van der Waals surface area (Å²) in [7, 11) is 0. The molecule has 5 rings (SSSR count). The molecule has 0 fully saturated rings. The largest absolute Gasteiger partial charge is 0.382 e. The highest BCUT2D eigenvalue weighted by atomic mass is 19.1. The van der Waals surface area contributed by atoms with Crippen molar-refractivity contribution in [1.29, 1.82) is 0 Å². The zero-order valence-corrected chi connectivity index (χ0v) is 18.4. The summed E-state index contributed by atoms with van der Waals surface area (Å²) >= 11 is 0. The van der Waals surface area contributed by atoms with E-state index in [1.165, 1.54) is 12.1 Å². The monoisotopic (exact) mass is 444 g/mol. The molecule has 4 aromatic rings. The minimum Gasteiger partial charge on any atom is -0.382 e. The van der Waals surface area contributed by atoms with Crippen molar-refractivity contribution in [1.82, 2.24) is 15.7 Å². The van der Waals surface area contributed by atoms with E-state index in [2.05, 4.69) is 56.6 Å². The Kier molecular flexibility index (Phi) is 4.90. The van der Waals surface area contributed by atoms with Crippen LogP contribution < -0.4 is 26.9 Å². The van der Waals surface area contributed by atoms with E-state index in [-0.39, 0.29) is 11.4 Å². The highest BCUT2D eigenvalue weighted by Gasteiger charge is 2.38. The van der Waals surface area contributed by atoms with E-state index in [0.29, 0.717) is 12.4 Å². The molecule has 1 aliphatic heterocycles. The fourth-order valence-corrected chi connectivity index (χ4v) is 4.49. The van der Waals surface area contributed by atoms with Crippen molar-refractivity contribution in [2.75, 3.05) is 16.3 Å². The van der Waals surface area contributed by atoms with Gasteiger partial charge in [0, 0.05) is 28.9 Å². The molecule has 0 radical (unpaired) electrons. The van der Waals surface area contributed by atoms with Crippen LogP contribution in [0.5, 0.6) is 0 Å². The van der Waals surface area contributed by atoms with Crippen LogP contribution in [0, 0.1) is 5.82 Å². The third kappa shape index (κ3) is 3.62. The lowest BCUT2D eigenvalue weighted by Gasteiger charge is -2.50. The standard InChI is InChI=1S/C24H25FN8/c1-24(2)14-32(18-7-3-15(4-8-18)23(26)30-31-27)21-12-20-16(13-28-29-20)11-22(21)33(24)19-9-5-17(25)6-10-19/h3-13,31H,14,27H2,1-2H3,(H2,26,30)(H,28,29). The Bertz CT molecular complexity index is 1330. The second-order valence-electron chi connectivity index (χ2n) is 8.68. The highest BCUT2D eigenvalue weighted by Crippen LogP contribution is 2.48. The number of halogens is 1. The minimum absolute atomic E-state index is 0.256. The Morgan fingerprint density at radius 1 is 1.06 bits per heavy atom. The zero-order chi connectivity index (χ0) is 23.2. The van der Waals surface area contributed by atoms with Crippen LogP contribution in [0.4, 0.5) is 27.1 Å². The number of hydrazone groups is 1. The average molecular weight is 445 g/mol. The van der Waals surface area contributed by atoms with E-state index in [0.717, 1.165) is 39.2 Å². The number of rotatable bonds is 4. The molecule has 2 heterocycles. The van der Waals surface area contributed by atoms with Gasteiger partial charge in [0.15, 0.2) is 5.84 Å². The molecule has 0 saturated carbocycles. The van der Waals surface area contributed by atoms with Crippen molar-refractivity contribution in [3.05, 3.63) is 78.2 Å². The summed E-state index contributed by atoms with van der Waals surface area (Å²) in [6.07, 6.45) is 1.81. The molecule has 8 nitrogen and oxygen atoms in total. The SMILES string of the molecule is CC1(C)CN(c2ccc(/C(N)=N/NN)cc2)c2cc3[nH]ncc3cc2N1c1ccc(F)cc1. The van der Waals surface area contributed by atoms with Gasteiger partial charge in [0.2, 0.25) is 0 Å². The minimum atomic E-state index is -0.301. The number of anilines is 4. The lowest BCUT2D eigenvalue weighted by Crippen LogP contribution is -2.52. The molecule has 168 valence electrons. The molecule has 9 heteroatoms. The summed E-state index contributed by atoms with van der Waals surface area (Å²) in [5.74, 6) is 5.30. The van der Waals surface area contributed by atoms with Crippen molar-refractivity contribution in [2.45, 2.75) is 19.4 Å². The van der Waals surface area contributed by atoms with Gasteiger partial charge in [0.1, 0.15) is 5.82 Å². The van der Waals surface area contributed by atoms with E-state index in [1.807, 2.05) is 42.6 Å². The van der Waals surface area contributed by atoms with Gasteiger partial charge >= 0.3 is 0 Å². The molecule has 0 saturated heterocycles. The fraction of sp³-hybridized carbons (Fsp3) is 0.167. The number of hydrazine groups is 1. The zero-order valence-electron chi connectivity index (χ0n) is 18.4. The van der Waals surface area contributed by atoms with Gasteiger partial charge in [0.05, 0.1) is 28.6 Å². The molecule has 3 aromatic carbocycles. The first-order chi connectivity index (χ1) is 15.9. The van der Waals surface area contributed by atoms with E-state index in [9.17, 15) is 4.39 Å². The Balaban J connectivity index is 1.66. The lowest BCUT2D eigenvalue weighted by atomic mass is 9.93. The number of fused-ring (bicyclic) bond motifs is 2. The van der Waals surface area contributed by atoms with E-state index in [1.54, 1.807) is 0 Å². The van der Waals surface area contributed by atoms with Gasteiger partial charge in [-0.2, -0.15) is 5.10 Å². The molecule has 0 amide bonds. The van der Waals surface area contributed by atoms with Crippen LogP contribution in [0.15, 0.2) is 72.0 Å². The number of nitrogens with one attached hydrogen (secondary N) is 2. The number of nitrogens with two attached hydrogens (primary N) is 2. The number of benzene rings is 3. The van der Waals surface area contributed by atoms with Gasteiger partial charge in [0.25, 0.3) is 0 Å². The van der Waals surface area contributed by atoms with Gasteiger partial charge in [-0.15, -0.1) is 5.10 Å². The van der Waals surface area contributed by atoms with Crippen molar-refractivity contribution in [3.63, 3.8) is 0 Å². The predicted molar refractivity (Wildman–Crippen MR) is 130 cm³/mol. The van der Waals surface area contributed by atoms with Gasteiger partial charge in [-0.05, 0) is 74.5 Å². The Hall–Kier alpha value is -4.11. The molecular weight excluding hydrogens is 419 g/mol. The maximum absolute atomic E-state index is 13.7. The van der Waals surface area contributed by atoms with Gasteiger partial charge < -0.3 is 15.5 Å². The molecule has 0 spiro atoms. The van der Waals surface area contributed by atoms with Crippen molar-refractivity contribution in [3.8, 4) is 0 Å². The quantitative estimate of drug-likeness (QED) is 0.165. The number of aromatic nitrogens is 2. The molecule has 6 N–H and O–H groups in total. The Morgan fingerprint density at radius 3 is 2.45 bits per heavy atom. The normalized spacial score (nSPS) is 15.6. The Labute approximate surface area is 190 Å². The van der Waals surface area contributed by atoms with Crippen LogP contribution in [0.2, 0.25) is 0 Å². The summed E-state index contributed by atoms with van der Waals surface area (Å²) in [5.41, 5.74) is 13.6. The van der Waals surface area contributed by atoms with Crippen LogP contribution >= 0.6 is 0 Å². The van der Waals surface area contributed by atoms with Gasteiger partial charge in [-0.1, -0.05) is 0 Å². The first-order valence-corrected chi connectivity index (χ1v) is 10.6. The molecule has 1 aliphatic rings. The average Bonchev–Trinajstić information content (AvgIpc) is 3.26. The first kappa shape index (κ1) is 20.8. The van der Waals surface area contributed by atoms with E-state index < -0.39 is 0 Å². The third-order valence-corrected chi connectivity index (χ3v) is 5.96. The highest BCUT2D eigenvalue weighted by molar-refractivity contribution is 5.98. The van der Waals surface area contributed by atoms with Crippen molar-refractivity contribution in [2.24, 2.45) is 16.7 Å². The van der Waals surface area contributed by atoms with Crippen LogP contribution in [0.3, 0.4) is 0 Å². The summed E-state index contributed by atoms with van der Waals surface area (Å²) < 4.78 is 13.7. The topological polar surface area (TPSA) is 112 Å². The molecule has 33 heavy (non-hydrogen) atoms. The lowest BCUT2D eigenvalue weighted by molar-refractivity contribution is 0.498. The molecule has 1 aromatic heterocycles. The van der Waals surface area contributed by atoms with E-state index >= 15 is 0 Å². The Morgan fingerprint density at radius 2 is 1.76 bits per heavy atom. The van der Waals surface area contributed by atoms with Gasteiger partial charge in [-0.3, -0.25) is 5.10 Å². The molecule has 0 bridgehead atoms. The molecule has 0 atom stereocenters. The van der Waals surface area contributed by atoms with Crippen molar-refractivity contribution < 1.29 is 4.39 Å². The number of hydrogen-bond donors (Lipinski definition) is 4. The second-order valence-corrected chi connectivity index (χ2v) is 8.68. The number of aromatic amines is 1. The first-order valence-electron chi connectivity index (χ1n) is 10.6. The van der Waals surface area contributed by atoms with Crippen LogP contribution in [0.25, 0.3) is 10.9 Å². The molecular formula is C24H25FN8. The number of hydrogen-bond acceptors (Lipinski definition) is 6. The molecule has 0 aliphatic carbocycles. The smallest absolute Gasteiger partial charge is 0.152 e. The van der Waals surface area contributed by atoms with Gasteiger partial charge in [-0.25, -0.2) is 15.8 Å². The van der Waals surface area contributed by atoms with Crippen LogP contribution in [0.1, 0.15) is 19.4 Å². The fourth-order valence-electron chi connectivity index (χ4n) is 4.49. The second kappa shape index (κ2) is 7.79. The number of amidine groups is 1. The number of H-pyrrole nitrogens is 1. The predicted octanol–water partition coefficient (Wildman–Crippen LogP) is 3.85. The summed E-state index contributed by atoms with van der Waals surface area (Å²) in [6.45, 7) is 5.06. The number of nitrogens with zero attached hydrogens (tertiary/aromatic N) is 4. The van der Waals surface area contributed by atoms with E-state index in [4.69, 9.17) is 11.6 Å². The summed E-state index contributed by atoms with van der Waals surface area (Å²) in [6, 6.07) is 18.7.